The van der Waals surface area contributed by atoms with Crippen molar-refractivity contribution in [3.63, 3.8) is 0 Å². The molecule has 2 aromatic heterocycles. The third-order valence-corrected chi connectivity index (χ3v) is 18.9. The van der Waals surface area contributed by atoms with Crippen LogP contribution in [-0.4, -0.2) is 140 Å². The zero-order valence-corrected chi connectivity index (χ0v) is 51.2. The Kier molecular flexibility index (Phi) is 20.4. The molecule has 5 aromatic rings. The highest BCUT2D eigenvalue weighted by molar-refractivity contribution is 7.90. The molecule has 0 radical (unpaired) electrons. The van der Waals surface area contributed by atoms with Crippen molar-refractivity contribution in [3.8, 4) is 0 Å². The van der Waals surface area contributed by atoms with E-state index in [1.807, 2.05) is 95.1 Å². The number of nitrogens with one attached hydrogen (secondary N) is 6. The molecule has 5 amide bonds. The van der Waals surface area contributed by atoms with Crippen molar-refractivity contribution in [3.05, 3.63) is 147 Å². The maximum Gasteiger partial charge on any atom is 0.328 e. The molecule has 84 heavy (non-hydrogen) atoms. The Morgan fingerprint density at radius 3 is 2.23 bits per heavy atom. The van der Waals surface area contributed by atoms with Gasteiger partial charge in [0.1, 0.15) is 48.5 Å². The van der Waals surface area contributed by atoms with E-state index in [0.29, 0.717) is 28.9 Å². The lowest BCUT2D eigenvalue weighted by atomic mass is 9.94. The van der Waals surface area contributed by atoms with Crippen LogP contribution in [0.3, 0.4) is 0 Å². The van der Waals surface area contributed by atoms with Gasteiger partial charge in [-0.3, -0.25) is 24.3 Å². The van der Waals surface area contributed by atoms with E-state index in [0.717, 1.165) is 103 Å². The minimum Gasteiger partial charge on any atom is -0.372 e. The fourth-order valence-corrected chi connectivity index (χ4v) is 13.5. The molecule has 2 aliphatic carbocycles. The zero-order chi connectivity index (χ0) is 60.5. The highest BCUT2D eigenvalue weighted by atomic mass is 32.2. The summed E-state index contributed by atoms with van der Waals surface area (Å²) in [5.41, 5.74) is 8.06. The average molecular weight is 1210 g/mol. The molecule has 24 heteroatoms. The van der Waals surface area contributed by atoms with E-state index in [4.69, 9.17) is 5.41 Å². The van der Waals surface area contributed by atoms with Gasteiger partial charge in [0.25, 0.3) is 20.1 Å². The van der Waals surface area contributed by atoms with Crippen LogP contribution in [0.5, 0.6) is 0 Å². The summed E-state index contributed by atoms with van der Waals surface area (Å²) in [6, 6.07) is 15.8. The molecule has 2 atom stereocenters. The molecule has 448 valence electrons. The van der Waals surface area contributed by atoms with Crippen LogP contribution in [0.25, 0.3) is 11.1 Å². The lowest BCUT2D eigenvalue weighted by molar-refractivity contribution is -0.688. The fraction of sp³-hybridized carbons (Fsp3) is 0.417. The number of hydrogen-bond donors (Lipinski definition) is 7. The Hall–Kier alpha value is -7.51. The summed E-state index contributed by atoms with van der Waals surface area (Å²) >= 11 is 1.16. The Morgan fingerprint density at radius 2 is 1.56 bits per heavy atom. The van der Waals surface area contributed by atoms with Gasteiger partial charge in [0.05, 0.1) is 18.4 Å². The van der Waals surface area contributed by atoms with Gasteiger partial charge < -0.3 is 35.6 Å². The van der Waals surface area contributed by atoms with E-state index >= 15 is 0 Å². The first-order chi connectivity index (χ1) is 40.1. The first kappa shape index (κ1) is 62.5. The lowest BCUT2D eigenvalue weighted by Crippen LogP contribution is -2.56. The second-order valence-corrected chi connectivity index (χ2v) is 25.3. The largest absolute Gasteiger partial charge is 0.372 e. The summed E-state index contributed by atoms with van der Waals surface area (Å²) in [7, 11) is -4.22. The minimum absolute atomic E-state index is 0.0655. The van der Waals surface area contributed by atoms with E-state index < -0.39 is 59.9 Å². The number of hydrogen-bond acceptors (Lipinski definition) is 12. The van der Waals surface area contributed by atoms with E-state index in [2.05, 4.69) is 75.5 Å². The van der Waals surface area contributed by atoms with Gasteiger partial charge in [-0.2, -0.15) is 8.42 Å². The normalized spacial score (nSPS) is 15.2. The maximum absolute atomic E-state index is 14.5. The third-order valence-electron chi connectivity index (χ3n) is 15.8. The molecule has 0 spiro atoms. The van der Waals surface area contributed by atoms with Gasteiger partial charge in [-0.05, 0) is 144 Å². The molecule has 1 aliphatic heterocycles. The quantitative estimate of drug-likeness (QED) is 0.0244. The molecule has 8 rings (SSSR count). The number of imidazole rings is 1. The first-order valence-electron chi connectivity index (χ1n) is 28.5. The zero-order valence-electron chi connectivity index (χ0n) is 48.8. The van der Waals surface area contributed by atoms with Crippen molar-refractivity contribution in [1.29, 1.82) is 5.41 Å². The highest BCUT2D eigenvalue weighted by Crippen LogP contribution is 2.49. The molecule has 21 nitrogen and oxygen atoms in total. The van der Waals surface area contributed by atoms with Gasteiger partial charge in [-0.25, -0.2) is 31.6 Å². The number of carbonyl (C=O) groups excluding carboxylic acids is 4. The highest BCUT2D eigenvalue weighted by Gasteiger charge is 2.35. The number of aryl methyl sites for hydroxylation is 1. The molecule has 0 bridgehead atoms. The van der Waals surface area contributed by atoms with E-state index in [9.17, 15) is 40.6 Å². The topological polar surface area (TPSA) is 264 Å². The molecular formula is C60H78N12O9S3+2. The van der Waals surface area contributed by atoms with Crippen LogP contribution in [-0.2, 0) is 68.0 Å². The number of fused-ring (bicyclic) bond motifs is 3. The first-order valence-corrected chi connectivity index (χ1v) is 32.3. The number of nitrogens with zero attached hydrogens (tertiary/aromatic N) is 6. The van der Waals surface area contributed by atoms with Crippen LogP contribution in [0.1, 0.15) is 93.4 Å². The van der Waals surface area contributed by atoms with Crippen molar-refractivity contribution >= 4 is 77.8 Å². The number of carbonyl (C=O) groups is 4. The van der Waals surface area contributed by atoms with Crippen molar-refractivity contribution in [2.45, 2.75) is 107 Å². The van der Waals surface area contributed by atoms with Gasteiger partial charge in [-0.1, -0.05) is 42.5 Å². The van der Waals surface area contributed by atoms with Crippen LogP contribution < -0.4 is 40.3 Å². The minimum atomic E-state index is -5.07. The Bertz CT molecular complexity index is 3700. The monoisotopic (exact) mass is 1210 g/mol. The molecular weight excluding hydrogens is 1130 g/mol. The van der Waals surface area contributed by atoms with Crippen LogP contribution >= 0.6 is 11.3 Å². The Balaban J connectivity index is 0.967. The van der Waals surface area contributed by atoms with Gasteiger partial charge in [-0.15, -0.1) is 11.3 Å². The predicted octanol–water partition coefficient (Wildman–Crippen LogP) is 4.42. The number of urea groups is 1. The second kappa shape index (κ2) is 27.5. The van der Waals surface area contributed by atoms with Crippen molar-refractivity contribution < 1.29 is 49.7 Å². The Morgan fingerprint density at radius 1 is 0.845 bits per heavy atom. The average Bonchev–Trinajstić information content (AvgIpc) is 1.94. The van der Waals surface area contributed by atoms with Crippen molar-refractivity contribution in [2.24, 2.45) is 14.1 Å². The Labute approximate surface area is 496 Å². The maximum atomic E-state index is 14.5. The SMILES string of the molecule is CCN(CC)c1ccc2c(c1)C1=CC(=[N+](CC)CC)C=CC1=C2c1ccc(S(=O)(=O)NC(=O)NCCCC[C@H](NC(=O)Cc2csc(=N)n2C)C(=O)N[C@@H](Cc2c[n+](Cc3ccccc3)cn2C)C(=O)NC2CCN(C)CC2)cc1S(=O)(=O)O. The molecule has 3 aliphatic rings. The van der Waals surface area contributed by atoms with Crippen LogP contribution in [0.2, 0.25) is 0 Å². The number of likely N-dealkylation sites (tertiary alicyclic amines) is 1. The number of allylic oxidation sites excluding steroid dienone is 5. The number of amides is 5. The number of anilines is 1. The lowest BCUT2D eigenvalue weighted by Gasteiger charge is -2.31. The number of unbranched alkanes of at least 4 members (excludes halogenated alkanes) is 1. The molecule has 1 fully saturated rings. The van der Waals surface area contributed by atoms with E-state index in [-0.39, 0.29) is 61.0 Å². The summed E-state index contributed by atoms with van der Waals surface area (Å²) in [6.07, 6.45) is 11.8. The molecule has 7 N–H and O–H groups in total. The molecule has 1 saturated heterocycles. The second-order valence-electron chi connectivity index (χ2n) is 21.4. The summed E-state index contributed by atoms with van der Waals surface area (Å²) in [5, 5.41) is 21.3. The van der Waals surface area contributed by atoms with Crippen LogP contribution in [0.15, 0.2) is 118 Å². The number of aromatic nitrogens is 3. The van der Waals surface area contributed by atoms with Crippen molar-refractivity contribution in [1.82, 2.24) is 40.0 Å². The van der Waals surface area contributed by atoms with Crippen LogP contribution in [0, 0.1) is 5.41 Å². The van der Waals surface area contributed by atoms with Gasteiger partial charge in [0.2, 0.25) is 29.8 Å². The number of thiazole rings is 1. The van der Waals surface area contributed by atoms with Gasteiger partial charge in [0.15, 0.2) is 4.80 Å². The van der Waals surface area contributed by atoms with Crippen LogP contribution in [0.4, 0.5) is 10.5 Å². The smallest absolute Gasteiger partial charge is 0.328 e. The molecule has 3 aromatic carbocycles. The standard InChI is InChI=1S/C60H76N12O9S3/c1-8-71(9-2)42-20-23-47-50(31-42)51-32-43(72(10-3)11-4)21-24-48(51)56(47)49-25-22-46(35-54(49)84(79,80)81)83(77,78)66-60(76)62-28-16-15-19-52(64-55(73)34-45-38-82-59(61)69(45)7)57(74)65-53(58(75)63-41-26-29-67(5)30-27-41)33-44-37-70(39-68(44)6)36-40-17-13-12-14-18-40/h12-14,17-18,20-25,31-32,35,37-39,41,52-53,61H,8-11,15-16,19,26-30,33-34,36H2,1-7H3,(H4-2,62,63,64,65,66,73,74,75,76,79,80,81)/p+2/t52-,53-/m0/s1. The summed E-state index contributed by atoms with van der Waals surface area (Å²) < 4.78 is 74.7. The summed E-state index contributed by atoms with van der Waals surface area (Å²) in [4.78, 5) is 59.1. The number of piperidine rings is 1. The predicted molar refractivity (Wildman–Crippen MR) is 324 cm³/mol. The van der Waals surface area contributed by atoms with Gasteiger partial charge >= 0.3 is 6.03 Å². The summed E-state index contributed by atoms with van der Waals surface area (Å²) in [5.74, 6) is -1.45. The molecule has 0 unspecified atom stereocenters. The number of rotatable bonds is 25. The molecule has 3 heterocycles. The fourth-order valence-electron chi connectivity index (χ4n) is 11.0. The van der Waals surface area contributed by atoms with Crippen molar-refractivity contribution in [2.75, 3.05) is 57.8 Å². The number of benzene rings is 3. The summed E-state index contributed by atoms with van der Waals surface area (Å²) in [6.45, 7) is 13.4. The molecule has 0 saturated carbocycles. The van der Waals surface area contributed by atoms with E-state index in [1.54, 1.807) is 17.0 Å². The number of sulfonamides is 1. The van der Waals surface area contributed by atoms with Gasteiger partial charge in [0, 0.05) is 73.6 Å². The van der Waals surface area contributed by atoms with E-state index in [1.165, 1.54) is 12.1 Å². The third kappa shape index (κ3) is 15.1.